The largest absolute Gasteiger partial charge is 0.504 e. The summed E-state index contributed by atoms with van der Waals surface area (Å²) in [6, 6.07) is 17.3. The monoisotopic (exact) mass is 360 g/mol. The van der Waals surface area contributed by atoms with E-state index in [1.807, 2.05) is 0 Å². The summed E-state index contributed by atoms with van der Waals surface area (Å²) in [6.45, 7) is 1.50. The van der Waals surface area contributed by atoms with Gasteiger partial charge in [0.05, 0.1) is 5.56 Å². The Morgan fingerprint density at radius 3 is 1.67 bits per heavy atom. The molecule has 0 aliphatic carbocycles. The smallest absolute Gasteiger partial charge is 0.262 e. The maximum Gasteiger partial charge on any atom is 0.262 e. The Hall–Kier alpha value is -3.73. The molecule has 27 heavy (non-hydrogen) atoms. The van der Waals surface area contributed by atoms with E-state index in [1.165, 1.54) is 19.1 Å². The van der Waals surface area contributed by atoms with Crippen LogP contribution in [-0.4, -0.2) is 21.8 Å². The highest BCUT2D eigenvalue weighted by Crippen LogP contribution is 2.28. The number of carbonyl (C=O) groups is 2. The number of aryl methyl sites for hydroxylation is 1. The molecule has 0 aliphatic heterocycles. The van der Waals surface area contributed by atoms with E-state index in [2.05, 4.69) is 0 Å². The Morgan fingerprint density at radius 2 is 1.19 bits per heavy atom. The van der Waals surface area contributed by atoms with Gasteiger partial charge in [0.15, 0.2) is 23.1 Å². The van der Waals surface area contributed by atoms with E-state index in [0.29, 0.717) is 5.56 Å². The predicted octanol–water partition coefficient (Wildman–Crippen LogP) is 3.23. The van der Waals surface area contributed by atoms with Crippen LogP contribution in [0.1, 0.15) is 37.4 Å². The predicted molar refractivity (Wildman–Crippen MR) is 101 cm³/mol. The summed E-state index contributed by atoms with van der Waals surface area (Å²) in [5.41, 5.74) is -0.940. The van der Waals surface area contributed by atoms with Crippen molar-refractivity contribution in [2.75, 3.05) is 0 Å². The number of ketones is 2. The van der Waals surface area contributed by atoms with Gasteiger partial charge in [-0.2, -0.15) is 0 Å². The third-order valence-electron chi connectivity index (χ3n) is 4.21. The molecule has 0 saturated heterocycles. The lowest BCUT2D eigenvalue weighted by molar-refractivity contribution is 0.100. The number of rotatable bonds is 4. The molecule has 0 aromatic heterocycles. The molecule has 5 heteroatoms. The molecule has 3 aromatic rings. The van der Waals surface area contributed by atoms with Crippen molar-refractivity contribution in [3.8, 4) is 11.5 Å². The van der Waals surface area contributed by atoms with Crippen LogP contribution in [0, 0.1) is 6.92 Å². The minimum atomic E-state index is -1.11. The van der Waals surface area contributed by atoms with Gasteiger partial charge in [-0.15, -0.1) is 0 Å². The van der Waals surface area contributed by atoms with E-state index in [1.54, 1.807) is 48.5 Å². The fraction of sp³-hybridized carbons (Fsp3) is 0.0455. The van der Waals surface area contributed by atoms with Crippen LogP contribution in [0.15, 0.2) is 71.5 Å². The molecule has 0 fully saturated rings. The molecule has 0 heterocycles. The first-order valence-corrected chi connectivity index (χ1v) is 8.21. The highest BCUT2D eigenvalue weighted by atomic mass is 16.3. The van der Waals surface area contributed by atoms with Crippen LogP contribution in [0.3, 0.4) is 0 Å². The van der Waals surface area contributed by atoms with Gasteiger partial charge >= 0.3 is 0 Å². The van der Waals surface area contributed by atoms with Gasteiger partial charge in [0, 0.05) is 16.7 Å². The second kappa shape index (κ2) is 7.25. The van der Waals surface area contributed by atoms with Gasteiger partial charge in [0.1, 0.15) is 0 Å². The Kier molecular flexibility index (Phi) is 4.86. The summed E-state index contributed by atoms with van der Waals surface area (Å²) in [6.07, 6.45) is 0. The molecule has 2 N–H and O–H groups in total. The van der Waals surface area contributed by atoms with Crippen LogP contribution >= 0.6 is 0 Å². The highest BCUT2D eigenvalue weighted by Gasteiger charge is 2.27. The molecule has 134 valence electrons. The molecule has 0 unspecified atom stereocenters. The first-order chi connectivity index (χ1) is 12.9. The number of hydrogen-bond acceptors (Lipinski definition) is 5. The zero-order chi connectivity index (χ0) is 19.6. The van der Waals surface area contributed by atoms with Gasteiger partial charge < -0.3 is 10.2 Å². The second-order valence-electron chi connectivity index (χ2n) is 6.03. The van der Waals surface area contributed by atoms with E-state index in [-0.39, 0.29) is 16.7 Å². The molecule has 5 nitrogen and oxygen atoms in total. The summed E-state index contributed by atoms with van der Waals surface area (Å²) in [5.74, 6) is -2.89. The topological polar surface area (TPSA) is 91.7 Å². The van der Waals surface area contributed by atoms with Crippen molar-refractivity contribution in [3.05, 3.63) is 105 Å². The number of carbonyl (C=O) groups excluding carboxylic acids is 2. The molecule has 0 aliphatic rings. The summed E-state index contributed by atoms with van der Waals surface area (Å²) >= 11 is 0. The maximum absolute atomic E-state index is 13.1. The van der Waals surface area contributed by atoms with E-state index in [4.69, 9.17) is 0 Å². The van der Waals surface area contributed by atoms with Crippen molar-refractivity contribution < 1.29 is 19.8 Å². The molecule has 0 amide bonds. The van der Waals surface area contributed by atoms with E-state index < -0.39 is 34.1 Å². The normalized spacial score (nSPS) is 10.4. The number of benzene rings is 2. The molecule has 3 rings (SSSR count). The third-order valence-corrected chi connectivity index (χ3v) is 4.21. The number of hydrogen-bond donors (Lipinski definition) is 2. The van der Waals surface area contributed by atoms with Crippen molar-refractivity contribution in [1.82, 2.24) is 0 Å². The minimum absolute atomic E-state index is 0.120. The van der Waals surface area contributed by atoms with Crippen molar-refractivity contribution >= 4 is 11.6 Å². The van der Waals surface area contributed by atoms with Crippen molar-refractivity contribution in [1.29, 1.82) is 0 Å². The second-order valence-corrected chi connectivity index (χ2v) is 6.03. The van der Waals surface area contributed by atoms with Crippen molar-refractivity contribution in [3.63, 3.8) is 0 Å². The van der Waals surface area contributed by atoms with Gasteiger partial charge in [0.25, 0.3) is 5.43 Å². The molecule has 3 aromatic carbocycles. The Balaban J connectivity index is 2.37. The van der Waals surface area contributed by atoms with Gasteiger partial charge in [-0.05, 0) is 18.6 Å². The molecule has 0 radical (unpaired) electrons. The third kappa shape index (κ3) is 3.35. The molecule has 0 spiro atoms. The number of aromatic hydroxyl groups is 2. The van der Waals surface area contributed by atoms with Gasteiger partial charge in [-0.3, -0.25) is 14.4 Å². The average Bonchev–Trinajstić information content (AvgIpc) is 2.78. The summed E-state index contributed by atoms with van der Waals surface area (Å²) in [4.78, 5) is 38.4. The van der Waals surface area contributed by atoms with E-state index >= 15 is 0 Å². The average molecular weight is 360 g/mol. The lowest BCUT2D eigenvalue weighted by Gasteiger charge is -2.09. The lowest BCUT2D eigenvalue weighted by atomic mass is 9.92. The van der Waals surface area contributed by atoms with E-state index in [9.17, 15) is 24.6 Å². The molecule has 0 bridgehead atoms. The molecule has 0 saturated carbocycles. The summed E-state index contributed by atoms with van der Waals surface area (Å²) in [7, 11) is 0. The Bertz CT molecular complexity index is 1090. The SMILES string of the molecule is Cc1cc(O)c(=O)c(O)c(C(=O)c2ccccc2)c1C(=O)c1ccccc1. The fourth-order valence-electron chi connectivity index (χ4n) is 2.87. The first-order valence-electron chi connectivity index (χ1n) is 8.21. The zero-order valence-corrected chi connectivity index (χ0v) is 14.5. The van der Waals surface area contributed by atoms with Crippen molar-refractivity contribution in [2.24, 2.45) is 0 Å². The molecular formula is C22H16O5. The Morgan fingerprint density at radius 1 is 0.741 bits per heavy atom. The van der Waals surface area contributed by atoms with Crippen molar-refractivity contribution in [2.45, 2.75) is 6.92 Å². The van der Waals surface area contributed by atoms with Crippen LogP contribution < -0.4 is 5.43 Å². The van der Waals surface area contributed by atoms with Gasteiger partial charge in [-0.25, -0.2) is 0 Å². The van der Waals surface area contributed by atoms with Gasteiger partial charge in [-0.1, -0.05) is 60.7 Å². The van der Waals surface area contributed by atoms with E-state index in [0.717, 1.165) is 6.07 Å². The van der Waals surface area contributed by atoms with Crippen LogP contribution in [-0.2, 0) is 0 Å². The van der Waals surface area contributed by atoms with Crippen LogP contribution in [0.5, 0.6) is 11.5 Å². The lowest BCUT2D eigenvalue weighted by Crippen LogP contribution is -2.13. The van der Waals surface area contributed by atoms with Gasteiger partial charge in [0.2, 0.25) is 0 Å². The first kappa shape index (κ1) is 18.1. The molecule has 0 atom stereocenters. The van der Waals surface area contributed by atoms with Crippen LogP contribution in [0.25, 0.3) is 0 Å². The quantitative estimate of drug-likeness (QED) is 0.697. The van der Waals surface area contributed by atoms with Crippen LogP contribution in [0.4, 0.5) is 0 Å². The Labute approximate surface area is 155 Å². The highest BCUT2D eigenvalue weighted by molar-refractivity contribution is 6.21. The summed E-state index contributed by atoms with van der Waals surface area (Å²) < 4.78 is 0. The zero-order valence-electron chi connectivity index (χ0n) is 14.5. The fourth-order valence-corrected chi connectivity index (χ4v) is 2.87. The maximum atomic E-state index is 13.1. The molecular weight excluding hydrogens is 344 g/mol. The standard InChI is InChI=1S/C22H16O5/c1-13-12-16(23)21(26)22(27)18(20(25)15-10-6-3-7-11-15)17(13)19(24)14-8-4-2-5-9-14/h2-12H,1H3,(H2,23,26,27). The summed E-state index contributed by atoms with van der Waals surface area (Å²) in [5, 5.41) is 20.3. The minimum Gasteiger partial charge on any atom is -0.504 e. The van der Waals surface area contributed by atoms with Crippen LogP contribution in [0.2, 0.25) is 0 Å².